The summed E-state index contributed by atoms with van der Waals surface area (Å²) in [5, 5.41) is 3.12. The minimum atomic E-state index is -3.64. The van der Waals surface area contributed by atoms with E-state index in [-0.39, 0.29) is 10.8 Å². The van der Waals surface area contributed by atoms with Crippen molar-refractivity contribution in [2.24, 2.45) is 0 Å². The number of carbonyl (C=O) groups excluding carboxylic acids is 1. The Kier molecular flexibility index (Phi) is 14.4. The SMILES string of the molecule is CC(C)(C)c1ccc(OCCOCC[N+](C)(C)Cc2ccc(OCCCCP(OC=O)(c3ccccc3)(c3ccccc3)c3ccccc3)cc2)c(C(C)(C)C)c1. The van der Waals surface area contributed by atoms with Gasteiger partial charge in [0.15, 0.2) is 0 Å². The van der Waals surface area contributed by atoms with E-state index in [9.17, 15) is 4.79 Å². The molecule has 0 spiro atoms. The molecule has 0 saturated carbocycles. The maximum absolute atomic E-state index is 12.5. The van der Waals surface area contributed by atoms with Gasteiger partial charge in [-0.25, -0.2) is 0 Å². The number of unbranched alkanes of at least 4 members (excludes halogenated alkanes) is 1. The number of nitrogens with zero attached hydrogens (tertiary/aromatic N) is 1. The maximum Gasteiger partial charge on any atom is -0.000235 e. The van der Waals surface area contributed by atoms with Gasteiger partial charge in [0.05, 0.1) is 13.2 Å². The average molecular weight is 791 g/mol. The maximum atomic E-state index is 12.5. The quantitative estimate of drug-likeness (QED) is 0.0340. The number of likely N-dealkylation sites (N-methyl/N-ethyl adjacent to an activating group) is 1. The summed E-state index contributed by atoms with van der Waals surface area (Å²) in [5.41, 5.74) is 3.89. The van der Waals surface area contributed by atoms with Gasteiger partial charge in [-0.3, -0.25) is 0 Å². The van der Waals surface area contributed by atoms with Gasteiger partial charge in [-0.05, 0) is 28.0 Å². The summed E-state index contributed by atoms with van der Waals surface area (Å²) in [6.45, 7) is 14.5. The monoisotopic (exact) mass is 790 g/mol. The molecule has 5 rings (SSSR count). The first-order valence-corrected chi connectivity index (χ1v) is 22.7. The molecule has 7 heteroatoms. The van der Waals surface area contributed by atoms with Crippen molar-refractivity contribution in [2.45, 2.75) is 71.8 Å². The molecule has 5 aromatic rings. The molecule has 0 aliphatic heterocycles. The van der Waals surface area contributed by atoms with Gasteiger partial charge in [0.1, 0.15) is 12.4 Å². The third-order valence-electron chi connectivity index (χ3n) is 10.9. The van der Waals surface area contributed by atoms with Crippen LogP contribution in [0.1, 0.15) is 71.1 Å². The summed E-state index contributed by atoms with van der Waals surface area (Å²) in [5.74, 6) is 1.80. The third kappa shape index (κ3) is 10.7. The first kappa shape index (κ1) is 43.6. The molecular weight excluding hydrogens is 726 g/mol. The number of benzene rings is 5. The van der Waals surface area contributed by atoms with Crippen molar-refractivity contribution in [3.05, 3.63) is 150 Å². The van der Waals surface area contributed by atoms with Crippen LogP contribution in [-0.2, 0) is 31.4 Å². The van der Waals surface area contributed by atoms with Crippen molar-refractivity contribution in [1.82, 2.24) is 0 Å². The van der Waals surface area contributed by atoms with Crippen molar-refractivity contribution >= 4 is 29.2 Å². The van der Waals surface area contributed by atoms with Crippen molar-refractivity contribution in [2.75, 3.05) is 53.2 Å². The van der Waals surface area contributed by atoms with Crippen LogP contribution in [0.3, 0.4) is 0 Å². The van der Waals surface area contributed by atoms with Gasteiger partial charge in [-0.15, -0.1) is 0 Å². The molecule has 0 saturated heterocycles. The molecule has 0 aliphatic rings. The number of hydrogen-bond acceptors (Lipinski definition) is 5. The number of ether oxygens (including phenoxy) is 3. The second-order valence-corrected chi connectivity index (χ2v) is 22.5. The molecule has 57 heavy (non-hydrogen) atoms. The molecule has 0 fully saturated rings. The van der Waals surface area contributed by atoms with Crippen LogP contribution in [0.15, 0.2) is 133 Å². The molecule has 0 unspecified atom stereocenters. The molecular formula is C50H65NO5P+. The minimum absolute atomic E-state index is 0.00935. The number of hydrogen-bond donors (Lipinski definition) is 0. The molecule has 0 amide bonds. The zero-order valence-electron chi connectivity index (χ0n) is 35.6. The normalized spacial score (nSPS) is 13.0. The summed E-state index contributed by atoms with van der Waals surface area (Å²) in [6, 6.07) is 45.9. The summed E-state index contributed by atoms with van der Waals surface area (Å²) in [7, 11) is 4.47. The first-order valence-electron chi connectivity index (χ1n) is 20.4. The molecule has 0 radical (unpaired) electrons. The Morgan fingerprint density at radius 2 is 1.16 bits per heavy atom. The van der Waals surface area contributed by atoms with E-state index in [0.717, 1.165) is 57.8 Å². The van der Waals surface area contributed by atoms with Crippen LogP contribution in [0.4, 0.5) is 0 Å². The van der Waals surface area contributed by atoms with Gasteiger partial charge in [0.2, 0.25) is 0 Å². The van der Waals surface area contributed by atoms with Crippen LogP contribution in [0.25, 0.3) is 0 Å². The third-order valence-corrected chi connectivity index (χ3v) is 16.8. The minimum Gasteiger partial charge on any atom is -0.0559 e. The first-order chi connectivity index (χ1) is 27.2. The Morgan fingerprint density at radius 1 is 0.596 bits per heavy atom. The van der Waals surface area contributed by atoms with Crippen LogP contribution in [0.2, 0.25) is 0 Å². The van der Waals surface area contributed by atoms with E-state index in [1.807, 2.05) is 54.6 Å². The van der Waals surface area contributed by atoms with Crippen LogP contribution in [0, 0.1) is 0 Å². The Labute approximate surface area is 342 Å². The molecule has 0 aromatic heterocycles. The Morgan fingerprint density at radius 3 is 1.67 bits per heavy atom. The predicted molar refractivity (Wildman–Crippen MR) is 239 cm³/mol. The van der Waals surface area contributed by atoms with Crippen LogP contribution in [-0.4, -0.2) is 64.2 Å². The molecule has 0 N–H and O–H groups in total. The van der Waals surface area contributed by atoms with Crippen molar-refractivity contribution in [3.8, 4) is 11.5 Å². The van der Waals surface area contributed by atoms with E-state index in [1.165, 1.54) is 16.7 Å². The van der Waals surface area contributed by atoms with E-state index in [4.69, 9.17) is 18.7 Å². The fourth-order valence-electron chi connectivity index (χ4n) is 7.70. The van der Waals surface area contributed by atoms with Crippen LogP contribution >= 0.6 is 6.83 Å². The number of quaternary nitrogens is 1. The van der Waals surface area contributed by atoms with E-state index >= 15 is 0 Å². The van der Waals surface area contributed by atoms with Crippen LogP contribution in [0.5, 0.6) is 11.5 Å². The van der Waals surface area contributed by atoms with Gasteiger partial charge >= 0.3 is 227 Å². The van der Waals surface area contributed by atoms with Crippen LogP contribution < -0.4 is 25.4 Å². The summed E-state index contributed by atoms with van der Waals surface area (Å²) < 4.78 is 25.9. The predicted octanol–water partition coefficient (Wildman–Crippen LogP) is 9.73. The fourth-order valence-corrected chi connectivity index (χ4v) is 13.3. The Hall–Kier alpha value is -4.48. The van der Waals surface area contributed by atoms with Gasteiger partial charge in [-0.1, -0.05) is 53.7 Å². The number of carbonyl (C=O) groups is 1. The molecule has 5 aromatic carbocycles. The smallest absolute Gasteiger partial charge is 0.000235 e. The van der Waals surface area contributed by atoms with E-state index < -0.39 is 6.83 Å². The van der Waals surface area contributed by atoms with E-state index in [0.29, 0.717) is 39.1 Å². The fraction of sp³-hybridized carbons (Fsp3) is 0.380. The van der Waals surface area contributed by atoms with Gasteiger partial charge in [0, 0.05) is 0 Å². The average Bonchev–Trinajstić information content (AvgIpc) is 3.19. The molecule has 0 bridgehead atoms. The van der Waals surface area contributed by atoms with Crippen molar-refractivity contribution < 1.29 is 28.0 Å². The summed E-state index contributed by atoms with van der Waals surface area (Å²) in [4.78, 5) is 12.5. The van der Waals surface area contributed by atoms with Crippen molar-refractivity contribution in [1.29, 1.82) is 0 Å². The largest absolute Gasteiger partial charge is 0.0559 e. The Bertz CT molecular complexity index is 1890. The topological polar surface area (TPSA) is 54.0 Å². The molecule has 304 valence electrons. The van der Waals surface area contributed by atoms with E-state index in [1.54, 1.807) is 0 Å². The molecule has 0 aliphatic carbocycles. The zero-order valence-corrected chi connectivity index (χ0v) is 36.5. The van der Waals surface area contributed by atoms with Gasteiger partial charge in [-0.2, -0.15) is 0 Å². The van der Waals surface area contributed by atoms with E-state index in [2.05, 4.69) is 135 Å². The van der Waals surface area contributed by atoms with Gasteiger partial charge in [0.25, 0.3) is 0 Å². The number of rotatable bonds is 20. The summed E-state index contributed by atoms with van der Waals surface area (Å²) >= 11 is 0. The molecule has 0 heterocycles. The molecule has 0 atom stereocenters. The zero-order chi connectivity index (χ0) is 41.0. The summed E-state index contributed by atoms with van der Waals surface area (Å²) in [6.07, 6.45) is 2.30. The van der Waals surface area contributed by atoms with Crippen molar-refractivity contribution in [3.63, 3.8) is 0 Å². The molecule has 6 nitrogen and oxygen atoms in total. The second kappa shape index (κ2) is 18.9. The standard InChI is InChI=1S/C50H65NO5P/c1-49(2,3)42-28-31-48(47(38-42)50(4,5)6)55-36-35-53-34-32-51(7,8)39-41-26-29-43(30-27-41)54-33-18-19-37-57(56-40-52,44-20-12-9-13-21-44,45-22-14-10-15-23-45)46-24-16-11-17-25-46/h9-17,20-31,38,40H,18-19,32-37,39H2,1-8H3/q+1. The van der Waals surface area contributed by atoms with Gasteiger partial charge < -0.3 is 9.47 Å². The second-order valence-electron chi connectivity index (χ2n) is 17.8. The Balaban J connectivity index is 1.12.